The summed E-state index contributed by atoms with van der Waals surface area (Å²) in [4.78, 5) is 0. The maximum atomic E-state index is 10.9. The molecule has 0 unspecified atom stereocenters. The molecule has 236 valence electrons. The average molecular weight is 581 g/mol. The number of aliphatic hydroxyl groups is 8. The third-order valence-electron chi connectivity index (χ3n) is 8.94. The van der Waals surface area contributed by atoms with Gasteiger partial charge in [0.25, 0.3) is 0 Å². The van der Waals surface area contributed by atoms with Gasteiger partial charge in [0.2, 0.25) is 5.79 Å². The third-order valence-corrected chi connectivity index (χ3v) is 8.94. The smallest absolute Gasteiger partial charge is 0.221 e. The molecular formula is C28H52O12. The Bertz CT molecular complexity index is 734. The van der Waals surface area contributed by atoms with Crippen molar-refractivity contribution in [3.63, 3.8) is 0 Å². The Morgan fingerprint density at radius 2 is 1.55 bits per heavy atom. The summed E-state index contributed by atoms with van der Waals surface area (Å²) in [6.07, 6.45) is -1.88. The quantitative estimate of drug-likeness (QED) is 0.125. The van der Waals surface area contributed by atoms with Crippen LogP contribution in [-0.4, -0.2) is 128 Å². The van der Waals surface area contributed by atoms with Crippen LogP contribution in [0.4, 0.5) is 0 Å². The van der Waals surface area contributed by atoms with Crippen molar-refractivity contribution in [3.8, 4) is 0 Å². The molecule has 12 nitrogen and oxygen atoms in total. The highest BCUT2D eigenvalue weighted by atomic mass is 16.7. The van der Waals surface area contributed by atoms with E-state index in [1.165, 1.54) is 7.11 Å². The van der Waals surface area contributed by atoms with Gasteiger partial charge in [0, 0.05) is 39.4 Å². The molecule has 3 fully saturated rings. The Kier molecular flexibility index (Phi) is 13.0. The molecule has 0 aromatic heterocycles. The SMILES string of the molecule is CO[C@]1(CO)O[C@@H]([C@H](O)[C@H](O)C[C@H](C)[C@H](O)[C@H](O)C[C@@H]2CCC[C@]3(CCC[C@@H](CCCCO)O3)O2)C[C@@H](O)[C@H]1O. The van der Waals surface area contributed by atoms with E-state index in [0.717, 1.165) is 57.8 Å². The second-order valence-electron chi connectivity index (χ2n) is 12.0. The lowest BCUT2D eigenvalue weighted by Crippen LogP contribution is -2.63. The number of ether oxygens (including phenoxy) is 4. The fourth-order valence-corrected chi connectivity index (χ4v) is 6.47. The predicted octanol–water partition coefficient (Wildman–Crippen LogP) is -0.311. The number of hydrogen-bond donors (Lipinski definition) is 8. The minimum Gasteiger partial charge on any atom is -0.396 e. The Balaban J connectivity index is 1.50. The lowest BCUT2D eigenvalue weighted by molar-refractivity contribution is -0.354. The minimum atomic E-state index is -1.94. The van der Waals surface area contributed by atoms with Gasteiger partial charge in [-0.15, -0.1) is 0 Å². The zero-order valence-corrected chi connectivity index (χ0v) is 23.9. The second kappa shape index (κ2) is 15.3. The molecule has 12 heteroatoms. The fourth-order valence-electron chi connectivity index (χ4n) is 6.47. The fraction of sp³-hybridized carbons (Fsp3) is 1.00. The molecule has 3 rings (SSSR count). The molecule has 3 heterocycles. The van der Waals surface area contributed by atoms with Gasteiger partial charge in [-0.05, 0) is 57.3 Å². The summed E-state index contributed by atoms with van der Waals surface area (Å²) in [5.41, 5.74) is 0. The van der Waals surface area contributed by atoms with Crippen LogP contribution in [0, 0.1) is 5.92 Å². The molecule has 1 spiro atoms. The van der Waals surface area contributed by atoms with E-state index in [1.807, 2.05) is 0 Å². The van der Waals surface area contributed by atoms with Crippen LogP contribution in [0.5, 0.6) is 0 Å². The van der Waals surface area contributed by atoms with Gasteiger partial charge >= 0.3 is 0 Å². The molecule has 3 saturated heterocycles. The molecule has 0 amide bonds. The van der Waals surface area contributed by atoms with Gasteiger partial charge in [-0.3, -0.25) is 0 Å². The largest absolute Gasteiger partial charge is 0.396 e. The van der Waals surface area contributed by atoms with Crippen LogP contribution in [0.25, 0.3) is 0 Å². The van der Waals surface area contributed by atoms with Gasteiger partial charge in [0.1, 0.15) is 18.8 Å². The van der Waals surface area contributed by atoms with Crippen molar-refractivity contribution in [2.45, 2.75) is 150 Å². The molecule has 8 N–H and O–H groups in total. The standard InChI is InChI=1S/C28H52O12/c1-17(13-20(31)25(35)23-15-22(33)26(36)28(16-30,37-2)40-23)24(34)21(32)14-19-9-6-11-27(39-19)10-5-8-18(38-27)7-3-4-12-29/h17-26,29-36H,3-16H2,1-2H3/t17-,18+,19-,20+,21+,22+,23+,24-,25+,26+,27-,28+/m0/s1. The summed E-state index contributed by atoms with van der Waals surface area (Å²) in [5, 5.41) is 82.3. The molecule has 12 atom stereocenters. The first-order valence-corrected chi connectivity index (χ1v) is 14.9. The molecule has 0 saturated carbocycles. The zero-order chi connectivity index (χ0) is 29.5. The number of unbranched alkanes of at least 4 members (excludes halogenated alkanes) is 1. The van der Waals surface area contributed by atoms with Crippen molar-refractivity contribution < 1.29 is 59.8 Å². The second-order valence-corrected chi connectivity index (χ2v) is 12.0. The summed E-state index contributed by atoms with van der Waals surface area (Å²) in [6, 6.07) is 0. The number of methoxy groups -OCH3 is 1. The zero-order valence-electron chi connectivity index (χ0n) is 23.9. The van der Waals surface area contributed by atoms with Crippen LogP contribution < -0.4 is 0 Å². The first-order valence-electron chi connectivity index (χ1n) is 14.9. The minimum absolute atomic E-state index is 0.0783. The van der Waals surface area contributed by atoms with Crippen LogP contribution in [0.15, 0.2) is 0 Å². The van der Waals surface area contributed by atoms with E-state index in [-0.39, 0.29) is 38.1 Å². The normalized spacial score (nSPS) is 39.0. The van der Waals surface area contributed by atoms with Crippen molar-refractivity contribution in [1.82, 2.24) is 0 Å². The van der Waals surface area contributed by atoms with Gasteiger partial charge in [0.05, 0.1) is 42.7 Å². The van der Waals surface area contributed by atoms with E-state index in [1.54, 1.807) is 6.92 Å². The number of rotatable bonds is 14. The molecule has 0 radical (unpaired) electrons. The van der Waals surface area contributed by atoms with Gasteiger partial charge in [-0.1, -0.05) is 6.92 Å². The van der Waals surface area contributed by atoms with E-state index in [2.05, 4.69) is 0 Å². The summed E-state index contributed by atoms with van der Waals surface area (Å²) >= 11 is 0. The molecule has 0 aromatic rings. The Hall–Kier alpha value is -0.480. The maximum absolute atomic E-state index is 10.9. The average Bonchev–Trinajstić information content (AvgIpc) is 2.94. The molecule has 0 aromatic carbocycles. The molecule has 3 aliphatic heterocycles. The molecular weight excluding hydrogens is 528 g/mol. The van der Waals surface area contributed by atoms with Gasteiger partial charge in [0.15, 0.2) is 5.79 Å². The molecule has 0 bridgehead atoms. The Morgan fingerprint density at radius 1 is 0.900 bits per heavy atom. The number of aliphatic hydroxyl groups excluding tert-OH is 8. The number of hydrogen-bond acceptors (Lipinski definition) is 12. The highest BCUT2D eigenvalue weighted by Crippen LogP contribution is 2.41. The first-order chi connectivity index (χ1) is 19.0. The summed E-state index contributed by atoms with van der Waals surface area (Å²) in [6.45, 7) is 1.05. The molecule has 3 aliphatic rings. The highest BCUT2D eigenvalue weighted by molar-refractivity contribution is 4.95. The van der Waals surface area contributed by atoms with Gasteiger partial charge in [-0.25, -0.2) is 0 Å². The monoisotopic (exact) mass is 580 g/mol. The van der Waals surface area contributed by atoms with Crippen molar-refractivity contribution >= 4 is 0 Å². The van der Waals surface area contributed by atoms with Crippen LogP contribution in [-0.2, 0) is 18.9 Å². The van der Waals surface area contributed by atoms with Gasteiger partial charge in [-0.2, -0.15) is 0 Å². The van der Waals surface area contributed by atoms with E-state index in [0.29, 0.717) is 0 Å². The van der Waals surface area contributed by atoms with E-state index in [4.69, 9.17) is 24.1 Å². The van der Waals surface area contributed by atoms with Crippen molar-refractivity contribution in [2.75, 3.05) is 20.3 Å². The Morgan fingerprint density at radius 3 is 2.17 bits per heavy atom. The third kappa shape index (κ3) is 8.33. The van der Waals surface area contributed by atoms with E-state index >= 15 is 0 Å². The van der Waals surface area contributed by atoms with Crippen molar-refractivity contribution in [3.05, 3.63) is 0 Å². The van der Waals surface area contributed by atoms with Crippen molar-refractivity contribution in [1.29, 1.82) is 0 Å². The van der Waals surface area contributed by atoms with E-state index in [9.17, 15) is 35.7 Å². The predicted molar refractivity (Wildman–Crippen MR) is 142 cm³/mol. The van der Waals surface area contributed by atoms with E-state index < -0.39 is 66.8 Å². The summed E-state index contributed by atoms with van der Waals surface area (Å²) in [5.74, 6) is -3.22. The maximum Gasteiger partial charge on any atom is 0.221 e. The van der Waals surface area contributed by atoms with Crippen molar-refractivity contribution in [2.24, 2.45) is 5.92 Å². The van der Waals surface area contributed by atoms with Crippen LogP contribution >= 0.6 is 0 Å². The topological polar surface area (TPSA) is 199 Å². The Labute approximate surface area is 236 Å². The lowest BCUT2D eigenvalue weighted by atomic mass is 9.85. The van der Waals surface area contributed by atoms with Crippen LogP contribution in [0.1, 0.15) is 84.0 Å². The highest BCUT2D eigenvalue weighted by Gasteiger charge is 2.52. The molecule has 40 heavy (non-hydrogen) atoms. The summed E-state index contributed by atoms with van der Waals surface area (Å²) in [7, 11) is 1.19. The van der Waals surface area contributed by atoms with Crippen LogP contribution in [0.3, 0.4) is 0 Å². The van der Waals surface area contributed by atoms with Crippen LogP contribution in [0.2, 0.25) is 0 Å². The summed E-state index contributed by atoms with van der Waals surface area (Å²) < 4.78 is 23.4. The van der Waals surface area contributed by atoms with Gasteiger partial charge < -0.3 is 59.8 Å². The first kappa shape index (κ1) is 34.0. The lowest BCUT2D eigenvalue weighted by Gasteiger charge is -2.46. The molecule has 0 aliphatic carbocycles.